The molecule has 0 bridgehead atoms. The molecule has 19 heavy (non-hydrogen) atoms. The van der Waals surface area contributed by atoms with E-state index in [0.717, 1.165) is 0 Å². The third-order valence-corrected chi connectivity index (χ3v) is 2.76. The van der Waals surface area contributed by atoms with E-state index in [-0.39, 0.29) is 17.9 Å². The fourth-order valence-corrected chi connectivity index (χ4v) is 1.82. The fraction of sp³-hybridized carbons (Fsp3) is 0.250. The van der Waals surface area contributed by atoms with Crippen LogP contribution in [0.2, 0.25) is 0 Å². The highest BCUT2D eigenvalue weighted by molar-refractivity contribution is 9.10. The monoisotopic (exact) mass is 329 g/mol. The smallest absolute Gasteiger partial charge is 0.331 e. The molecule has 0 saturated carbocycles. The Balaban J connectivity index is 2.78. The Morgan fingerprint density at radius 3 is 2.74 bits per heavy atom. The molecule has 0 aliphatic heterocycles. The minimum Gasteiger partial charge on any atom is -0.489 e. The van der Waals surface area contributed by atoms with Crippen molar-refractivity contribution in [1.29, 1.82) is 0 Å². The van der Waals surface area contributed by atoms with Crippen molar-refractivity contribution in [2.75, 3.05) is 6.61 Å². The van der Waals surface area contributed by atoms with Crippen molar-refractivity contribution >= 4 is 27.6 Å². The first-order valence-electron chi connectivity index (χ1n) is 5.44. The highest BCUT2D eigenvalue weighted by atomic mass is 79.9. The first-order valence-corrected chi connectivity index (χ1v) is 6.23. The molecule has 0 heterocycles. The quantitative estimate of drug-likeness (QED) is 0.492. The van der Waals surface area contributed by atoms with Crippen LogP contribution in [0.1, 0.15) is 13.3 Å². The van der Waals surface area contributed by atoms with E-state index < -0.39 is 10.9 Å². The first kappa shape index (κ1) is 15.2. The summed E-state index contributed by atoms with van der Waals surface area (Å²) in [6.07, 6.45) is 1.83. The number of aliphatic carboxylic acids is 1. The van der Waals surface area contributed by atoms with Crippen molar-refractivity contribution < 1.29 is 19.6 Å². The molecular weight excluding hydrogens is 318 g/mol. The lowest BCUT2D eigenvalue weighted by molar-refractivity contribution is -0.385. The van der Waals surface area contributed by atoms with Crippen LogP contribution in [0.25, 0.3) is 0 Å². The maximum absolute atomic E-state index is 10.7. The summed E-state index contributed by atoms with van der Waals surface area (Å²) in [5, 5.41) is 19.5. The van der Waals surface area contributed by atoms with Crippen LogP contribution >= 0.6 is 15.9 Å². The van der Waals surface area contributed by atoms with E-state index in [0.29, 0.717) is 16.6 Å². The maximum Gasteiger partial charge on any atom is 0.331 e. The number of nitro benzene ring substituents is 1. The Labute approximate surface area is 118 Å². The molecule has 0 amide bonds. The molecule has 7 heteroatoms. The number of halogens is 1. The summed E-state index contributed by atoms with van der Waals surface area (Å²) in [6.45, 7) is 1.77. The minimum atomic E-state index is -0.994. The van der Waals surface area contributed by atoms with E-state index in [1.807, 2.05) is 0 Å². The standard InChI is InChI=1S/C12H12BrNO5/c1-2-8(12(15)16)3-4-19-11-6-9(13)5-10(7-11)14(17)18/h3,5-7H,2,4H2,1H3,(H,15,16)/b8-3-. The molecule has 0 aromatic heterocycles. The predicted molar refractivity (Wildman–Crippen MR) is 72.3 cm³/mol. The van der Waals surface area contributed by atoms with Gasteiger partial charge >= 0.3 is 5.97 Å². The largest absolute Gasteiger partial charge is 0.489 e. The molecule has 1 aromatic rings. The molecule has 6 nitrogen and oxygen atoms in total. The van der Waals surface area contributed by atoms with Crippen molar-refractivity contribution in [3.63, 3.8) is 0 Å². The SMILES string of the molecule is CC/C(=C/COc1cc(Br)cc([N+](=O)[O-])c1)C(=O)O. The molecule has 0 unspecified atom stereocenters. The second-order valence-electron chi connectivity index (χ2n) is 3.60. The average molecular weight is 330 g/mol. The molecule has 102 valence electrons. The fourth-order valence-electron chi connectivity index (χ4n) is 1.36. The number of benzene rings is 1. The number of hydrogen-bond donors (Lipinski definition) is 1. The third kappa shape index (κ3) is 4.70. The lowest BCUT2D eigenvalue weighted by atomic mass is 10.2. The summed E-state index contributed by atoms with van der Waals surface area (Å²) in [6, 6.07) is 4.22. The average Bonchev–Trinajstić information content (AvgIpc) is 2.33. The van der Waals surface area contributed by atoms with Gasteiger partial charge in [0.05, 0.1) is 11.0 Å². The van der Waals surface area contributed by atoms with Crippen LogP contribution in [-0.4, -0.2) is 22.6 Å². The highest BCUT2D eigenvalue weighted by Gasteiger charge is 2.09. The Morgan fingerprint density at radius 2 is 2.21 bits per heavy atom. The number of hydrogen-bond acceptors (Lipinski definition) is 4. The first-order chi connectivity index (χ1) is 8.93. The lowest BCUT2D eigenvalue weighted by Gasteiger charge is -2.05. The van der Waals surface area contributed by atoms with E-state index >= 15 is 0 Å². The highest BCUT2D eigenvalue weighted by Crippen LogP contribution is 2.26. The molecule has 0 saturated heterocycles. The predicted octanol–water partition coefficient (Wildman–Crippen LogP) is 3.16. The van der Waals surface area contributed by atoms with Gasteiger partial charge in [0.15, 0.2) is 0 Å². The van der Waals surface area contributed by atoms with Gasteiger partial charge in [-0.15, -0.1) is 0 Å². The van der Waals surface area contributed by atoms with Gasteiger partial charge in [-0.1, -0.05) is 22.9 Å². The number of carbonyl (C=O) groups is 1. The topological polar surface area (TPSA) is 89.7 Å². The molecule has 0 aliphatic rings. The zero-order valence-corrected chi connectivity index (χ0v) is 11.7. The second-order valence-corrected chi connectivity index (χ2v) is 4.52. The second kappa shape index (κ2) is 6.89. The van der Waals surface area contributed by atoms with Crippen molar-refractivity contribution in [3.05, 3.63) is 44.4 Å². The van der Waals surface area contributed by atoms with Crippen LogP contribution in [-0.2, 0) is 4.79 Å². The number of nitro groups is 1. The van der Waals surface area contributed by atoms with Crippen LogP contribution in [0.4, 0.5) is 5.69 Å². The summed E-state index contributed by atoms with van der Waals surface area (Å²) in [7, 11) is 0. The summed E-state index contributed by atoms with van der Waals surface area (Å²) in [5.74, 6) is -0.690. The number of nitrogens with zero attached hydrogens (tertiary/aromatic N) is 1. The molecule has 0 atom stereocenters. The van der Waals surface area contributed by atoms with E-state index in [1.54, 1.807) is 13.0 Å². The van der Waals surface area contributed by atoms with Gasteiger partial charge in [0.2, 0.25) is 0 Å². The van der Waals surface area contributed by atoms with Gasteiger partial charge in [-0.25, -0.2) is 4.79 Å². The molecule has 1 aromatic carbocycles. The Hall–Kier alpha value is -1.89. The van der Waals surface area contributed by atoms with Gasteiger partial charge in [0.1, 0.15) is 12.4 Å². The van der Waals surface area contributed by atoms with Gasteiger partial charge in [-0.05, 0) is 18.6 Å². The van der Waals surface area contributed by atoms with Gasteiger partial charge < -0.3 is 9.84 Å². The van der Waals surface area contributed by atoms with E-state index in [1.165, 1.54) is 18.2 Å². The van der Waals surface area contributed by atoms with E-state index in [4.69, 9.17) is 9.84 Å². The van der Waals surface area contributed by atoms with Crippen LogP contribution in [0.15, 0.2) is 34.3 Å². The minimum absolute atomic E-state index is 0.0447. The van der Waals surface area contributed by atoms with Gasteiger partial charge in [0, 0.05) is 16.1 Å². The van der Waals surface area contributed by atoms with Crippen molar-refractivity contribution in [2.24, 2.45) is 0 Å². The van der Waals surface area contributed by atoms with Crippen molar-refractivity contribution in [3.8, 4) is 5.75 Å². The molecule has 0 fully saturated rings. The Morgan fingerprint density at radius 1 is 1.53 bits per heavy atom. The molecular formula is C12H12BrNO5. The molecule has 0 spiro atoms. The summed E-state index contributed by atoms with van der Waals surface area (Å²) in [4.78, 5) is 20.9. The molecule has 0 aliphatic carbocycles. The van der Waals surface area contributed by atoms with E-state index in [9.17, 15) is 14.9 Å². The van der Waals surface area contributed by atoms with Gasteiger partial charge in [-0.2, -0.15) is 0 Å². The Bertz CT molecular complexity index is 527. The number of rotatable bonds is 6. The maximum atomic E-state index is 10.7. The lowest BCUT2D eigenvalue weighted by Crippen LogP contribution is -2.03. The molecule has 0 radical (unpaired) electrons. The zero-order chi connectivity index (χ0) is 14.4. The van der Waals surface area contributed by atoms with Crippen LogP contribution in [0.5, 0.6) is 5.75 Å². The van der Waals surface area contributed by atoms with Gasteiger partial charge in [-0.3, -0.25) is 10.1 Å². The van der Waals surface area contributed by atoms with Crippen LogP contribution in [0.3, 0.4) is 0 Å². The third-order valence-electron chi connectivity index (χ3n) is 2.30. The summed E-state index contributed by atoms with van der Waals surface area (Å²) >= 11 is 3.15. The summed E-state index contributed by atoms with van der Waals surface area (Å²) < 4.78 is 5.81. The number of carboxylic acids is 1. The van der Waals surface area contributed by atoms with Crippen LogP contribution < -0.4 is 4.74 Å². The van der Waals surface area contributed by atoms with Crippen molar-refractivity contribution in [1.82, 2.24) is 0 Å². The van der Waals surface area contributed by atoms with E-state index in [2.05, 4.69) is 15.9 Å². The molecule has 1 N–H and O–H groups in total. The number of ether oxygens (including phenoxy) is 1. The zero-order valence-electron chi connectivity index (χ0n) is 10.1. The number of carboxylic acid groups (broad SMARTS) is 1. The van der Waals surface area contributed by atoms with Crippen molar-refractivity contribution in [2.45, 2.75) is 13.3 Å². The normalized spacial score (nSPS) is 11.2. The Kier molecular flexibility index (Phi) is 5.50. The summed E-state index contributed by atoms with van der Waals surface area (Å²) in [5.41, 5.74) is 0.145. The molecule has 1 rings (SSSR count). The van der Waals surface area contributed by atoms with Gasteiger partial charge in [0.25, 0.3) is 5.69 Å². The van der Waals surface area contributed by atoms with Crippen LogP contribution in [0, 0.1) is 10.1 Å². The number of non-ortho nitro benzene ring substituents is 1.